The van der Waals surface area contributed by atoms with Crippen molar-refractivity contribution in [2.45, 2.75) is 51.7 Å². The quantitative estimate of drug-likeness (QED) is 0.571. The number of benzene rings is 1. The van der Waals surface area contributed by atoms with E-state index in [0.717, 1.165) is 17.7 Å². The molecule has 0 aliphatic carbocycles. The van der Waals surface area contributed by atoms with Crippen molar-refractivity contribution in [2.75, 3.05) is 18.1 Å². The molecule has 146 valence electrons. The monoisotopic (exact) mass is 377 g/mol. The van der Waals surface area contributed by atoms with Gasteiger partial charge in [-0.3, -0.25) is 14.4 Å². The molecule has 1 saturated heterocycles. The number of nitrogens with zero attached hydrogens (tertiary/aromatic N) is 1. The standard InChI is InChI=1S/C19H23NO7/c1-11(21)25-16-10-24-19(18(27-13(3)23)17(16)26-12(2)22)20-9-8-14-6-4-5-7-15(14)20/h4-7,16-19H,8-10H2,1-3H3/t16-,17-,18+,19+/m1/s1. The molecule has 0 unspecified atom stereocenters. The molecule has 2 aliphatic rings. The van der Waals surface area contributed by atoms with E-state index in [-0.39, 0.29) is 6.61 Å². The van der Waals surface area contributed by atoms with Crippen LogP contribution in [0.3, 0.4) is 0 Å². The lowest BCUT2D eigenvalue weighted by Crippen LogP contribution is -2.62. The van der Waals surface area contributed by atoms with E-state index in [1.165, 1.54) is 20.8 Å². The van der Waals surface area contributed by atoms with Crippen LogP contribution in [0.2, 0.25) is 0 Å². The molecular formula is C19H23NO7. The van der Waals surface area contributed by atoms with Gasteiger partial charge in [0.05, 0.1) is 6.61 Å². The van der Waals surface area contributed by atoms with Gasteiger partial charge in [0.1, 0.15) is 0 Å². The lowest BCUT2D eigenvalue weighted by Gasteiger charge is -2.44. The summed E-state index contributed by atoms with van der Waals surface area (Å²) >= 11 is 0. The molecule has 4 atom stereocenters. The van der Waals surface area contributed by atoms with Gasteiger partial charge in [0, 0.05) is 33.0 Å². The maximum absolute atomic E-state index is 11.7. The zero-order valence-corrected chi connectivity index (χ0v) is 15.5. The summed E-state index contributed by atoms with van der Waals surface area (Å²) in [5.41, 5.74) is 2.14. The summed E-state index contributed by atoms with van der Waals surface area (Å²) in [7, 11) is 0. The second-order valence-electron chi connectivity index (χ2n) is 6.59. The smallest absolute Gasteiger partial charge is 0.303 e. The Balaban J connectivity index is 1.92. The fraction of sp³-hybridized carbons (Fsp3) is 0.526. The maximum Gasteiger partial charge on any atom is 0.303 e. The maximum atomic E-state index is 11.7. The van der Waals surface area contributed by atoms with E-state index in [4.69, 9.17) is 18.9 Å². The van der Waals surface area contributed by atoms with Gasteiger partial charge in [0.25, 0.3) is 0 Å². The Bertz CT molecular complexity index is 735. The highest BCUT2D eigenvalue weighted by atomic mass is 16.6. The van der Waals surface area contributed by atoms with Gasteiger partial charge in [0.2, 0.25) is 0 Å². The van der Waals surface area contributed by atoms with Gasteiger partial charge in [-0.2, -0.15) is 0 Å². The molecule has 2 heterocycles. The summed E-state index contributed by atoms with van der Waals surface area (Å²) in [5.74, 6) is -1.63. The number of carbonyl (C=O) groups excluding carboxylic acids is 3. The third kappa shape index (κ3) is 4.21. The number of anilines is 1. The van der Waals surface area contributed by atoms with Gasteiger partial charge in [-0.25, -0.2) is 0 Å². The number of fused-ring (bicyclic) bond motifs is 1. The predicted octanol–water partition coefficient (Wildman–Crippen LogP) is 1.20. The Hall–Kier alpha value is -2.61. The van der Waals surface area contributed by atoms with Crippen molar-refractivity contribution < 1.29 is 33.3 Å². The first-order valence-electron chi connectivity index (χ1n) is 8.84. The van der Waals surface area contributed by atoms with Gasteiger partial charge in [0.15, 0.2) is 24.5 Å². The Kier molecular flexibility index (Phi) is 5.65. The molecule has 0 saturated carbocycles. The van der Waals surface area contributed by atoms with Crippen LogP contribution in [0.4, 0.5) is 5.69 Å². The number of ether oxygens (including phenoxy) is 4. The van der Waals surface area contributed by atoms with Gasteiger partial charge in [-0.1, -0.05) is 18.2 Å². The van der Waals surface area contributed by atoms with Crippen molar-refractivity contribution in [3.05, 3.63) is 29.8 Å². The largest absolute Gasteiger partial charge is 0.456 e. The highest BCUT2D eigenvalue weighted by molar-refractivity contribution is 5.68. The highest BCUT2D eigenvalue weighted by Gasteiger charge is 2.49. The normalized spacial score (nSPS) is 26.9. The van der Waals surface area contributed by atoms with Crippen LogP contribution in [-0.4, -0.2) is 55.6 Å². The number of para-hydroxylation sites is 1. The van der Waals surface area contributed by atoms with E-state index in [1.807, 2.05) is 29.2 Å². The summed E-state index contributed by atoms with van der Waals surface area (Å²) in [6.07, 6.45) is -2.58. The number of rotatable bonds is 4. The zero-order valence-electron chi connectivity index (χ0n) is 15.5. The molecule has 0 aromatic heterocycles. The highest BCUT2D eigenvalue weighted by Crippen LogP contribution is 2.35. The molecule has 0 radical (unpaired) electrons. The van der Waals surface area contributed by atoms with Crippen LogP contribution >= 0.6 is 0 Å². The number of carbonyl (C=O) groups is 3. The molecule has 8 nitrogen and oxygen atoms in total. The zero-order chi connectivity index (χ0) is 19.6. The first-order valence-corrected chi connectivity index (χ1v) is 8.84. The lowest BCUT2D eigenvalue weighted by atomic mass is 10.0. The number of esters is 3. The van der Waals surface area contributed by atoms with Crippen LogP contribution in [0.15, 0.2) is 24.3 Å². The predicted molar refractivity (Wildman–Crippen MR) is 93.9 cm³/mol. The summed E-state index contributed by atoms with van der Waals surface area (Å²) in [6.45, 7) is 4.49. The molecule has 0 amide bonds. The van der Waals surface area contributed by atoms with Crippen LogP contribution in [0.1, 0.15) is 26.3 Å². The average Bonchev–Trinajstić information content (AvgIpc) is 3.00. The van der Waals surface area contributed by atoms with Crippen LogP contribution in [0.5, 0.6) is 0 Å². The van der Waals surface area contributed by atoms with E-state index in [1.54, 1.807) is 0 Å². The summed E-state index contributed by atoms with van der Waals surface area (Å²) in [4.78, 5) is 36.8. The molecule has 0 bridgehead atoms. The van der Waals surface area contributed by atoms with E-state index in [9.17, 15) is 14.4 Å². The Labute approximate surface area is 157 Å². The molecule has 1 aromatic rings. The van der Waals surface area contributed by atoms with Gasteiger partial charge in [-0.05, 0) is 18.1 Å². The van der Waals surface area contributed by atoms with Crippen molar-refractivity contribution in [1.82, 2.24) is 0 Å². The van der Waals surface area contributed by atoms with Crippen LogP contribution < -0.4 is 4.90 Å². The molecule has 1 aromatic carbocycles. The minimum absolute atomic E-state index is 0.0264. The fourth-order valence-corrected chi connectivity index (χ4v) is 3.62. The van der Waals surface area contributed by atoms with Gasteiger partial charge in [-0.15, -0.1) is 0 Å². The third-order valence-corrected chi connectivity index (χ3v) is 4.55. The molecule has 3 rings (SSSR count). The topological polar surface area (TPSA) is 91.4 Å². The van der Waals surface area contributed by atoms with E-state index in [0.29, 0.717) is 6.54 Å². The fourth-order valence-electron chi connectivity index (χ4n) is 3.62. The van der Waals surface area contributed by atoms with Gasteiger partial charge >= 0.3 is 17.9 Å². The van der Waals surface area contributed by atoms with Crippen molar-refractivity contribution >= 4 is 23.6 Å². The molecular weight excluding hydrogens is 354 g/mol. The van der Waals surface area contributed by atoms with Crippen molar-refractivity contribution in [1.29, 1.82) is 0 Å². The second-order valence-corrected chi connectivity index (χ2v) is 6.59. The van der Waals surface area contributed by atoms with Gasteiger partial charge < -0.3 is 23.8 Å². The molecule has 0 N–H and O–H groups in total. The Morgan fingerprint density at radius 1 is 0.963 bits per heavy atom. The van der Waals surface area contributed by atoms with E-state index < -0.39 is 42.4 Å². The SMILES string of the molecule is CC(=O)O[C@H]1[C@H](OC(C)=O)[C@@H](N2CCc3ccccc32)OC[C@H]1OC(C)=O. The summed E-state index contributed by atoms with van der Waals surface area (Å²) in [6, 6.07) is 7.89. The number of hydrogen-bond donors (Lipinski definition) is 0. The first-order chi connectivity index (χ1) is 12.9. The molecule has 1 fully saturated rings. The lowest BCUT2D eigenvalue weighted by molar-refractivity contribution is -0.225. The third-order valence-electron chi connectivity index (χ3n) is 4.55. The minimum atomic E-state index is -0.957. The summed E-state index contributed by atoms with van der Waals surface area (Å²) in [5, 5.41) is 0. The Morgan fingerprint density at radius 3 is 2.26 bits per heavy atom. The Morgan fingerprint density at radius 2 is 1.59 bits per heavy atom. The van der Waals surface area contributed by atoms with Crippen LogP contribution in [0.25, 0.3) is 0 Å². The van der Waals surface area contributed by atoms with Crippen LogP contribution in [0, 0.1) is 0 Å². The molecule has 27 heavy (non-hydrogen) atoms. The van der Waals surface area contributed by atoms with Crippen LogP contribution in [-0.2, 0) is 39.8 Å². The summed E-state index contributed by atoms with van der Waals surface area (Å²) < 4.78 is 22.1. The van der Waals surface area contributed by atoms with E-state index in [2.05, 4.69) is 0 Å². The number of hydrogen-bond acceptors (Lipinski definition) is 8. The first kappa shape index (κ1) is 19.2. The van der Waals surface area contributed by atoms with Crippen molar-refractivity contribution in [2.24, 2.45) is 0 Å². The molecule has 8 heteroatoms. The van der Waals surface area contributed by atoms with Crippen molar-refractivity contribution in [3.8, 4) is 0 Å². The van der Waals surface area contributed by atoms with E-state index >= 15 is 0 Å². The second kappa shape index (κ2) is 7.96. The molecule has 0 spiro atoms. The van der Waals surface area contributed by atoms with Crippen molar-refractivity contribution in [3.63, 3.8) is 0 Å². The average molecular weight is 377 g/mol. The minimum Gasteiger partial charge on any atom is -0.456 e. The molecule has 2 aliphatic heterocycles.